The molecule has 1 rings (SSSR count). The maximum absolute atomic E-state index is 4.20. The fourth-order valence-corrected chi connectivity index (χ4v) is 1.74. The number of aromatic nitrogens is 3. The van der Waals surface area contributed by atoms with E-state index in [4.69, 9.17) is 0 Å². The third kappa shape index (κ3) is 3.26. The van der Waals surface area contributed by atoms with Crippen molar-refractivity contribution in [1.29, 1.82) is 0 Å². The van der Waals surface area contributed by atoms with Crippen LogP contribution < -0.4 is 0 Å². The smallest absolute Gasteiger partial charge is 0.208 e. The van der Waals surface area contributed by atoms with Crippen LogP contribution in [-0.4, -0.2) is 20.9 Å². The van der Waals surface area contributed by atoms with Gasteiger partial charge in [-0.2, -0.15) is 0 Å². The maximum atomic E-state index is 4.20. The molecule has 1 N–H and O–H groups in total. The van der Waals surface area contributed by atoms with Crippen LogP contribution in [-0.2, 0) is 0 Å². The van der Waals surface area contributed by atoms with Crippen LogP contribution in [0.1, 0.15) is 32.0 Å². The zero-order valence-corrected chi connectivity index (χ0v) is 8.45. The Morgan fingerprint density at radius 2 is 2.25 bits per heavy atom. The van der Waals surface area contributed by atoms with E-state index in [9.17, 15) is 0 Å². The first kappa shape index (κ1) is 9.58. The Morgan fingerprint density at radius 1 is 1.42 bits per heavy atom. The monoisotopic (exact) mass is 185 g/mol. The number of unbranched alkanes of at least 4 members (excludes halogenated alkanes) is 2. The molecule has 1 heterocycles. The molecule has 3 nitrogen and oxygen atoms in total. The van der Waals surface area contributed by atoms with Crippen molar-refractivity contribution in [1.82, 2.24) is 15.2 Å². The Morgan fingerprint density at radius 3 is 2.83 bits per heavy atom. The van der Waals surface area contributed by atoms with E-state index in [1.807, 2.05) is 6.92 Å². The molecule has 0 radical (unpaired) electrons. The van der Waals surface area contributed by atoms with Gasteiger partial charge in [-0.3, -0.25) is 5.10 Å². The average Bonchev–Trinajstić information content (AvgIpc) is 2.45. The van der Waals surface area contributed by atoms with Crippen molar-refractivity contribution >= 4 is 11.8 Å². The first-order valence-electron chi connectivity index (χ1n) is 4.34. The number of thioether (sulfide) groups is 1. The SMILES string of the molecule is CCCCCSc1n[nH]c(C)n1. The minimum absolute atomic E-state index is 0.878. The number of nitrogens with one attached hydrogen (secondary N) is 1. The number of aromatic amines is 1. The van der Waals surface area contributed by atoms with Crippen LogP contribution in [0.25, 0.3) is 0 Å². The number of hydrogen-bond donors (Lipinski definition) is 1. The van der Waals surface area contributed by atoms with E-state index < -0.39 is 0 Å². The van der Waals surface area contributed by atoms with Gasteiger partial charge in [-0.25, -0.2) is 4.98 Å². The molecule has 0 aromatic carbocycles. The van der Waals surface area contributed by atoms with Crippen molar-refractivity contribution in [2.45, 2.75) is 38.3 Å². The molecule has 0 aliphatic heterocycles. The zero-order chi connectivity index (χ0) is 8.81. The Balaban J connectivity index is 2.15. The summed E-state index contributed by atoms with van der Waals surface area (Å²) < 4.78 is 0. The Labute approximate surface area is 77.4 Å². The molecule has 0 amide bonds. The van der Waals surface area contributed by atoms with E-state index in [0.717, 1.165) is 16.7 Å². The van der Waals surface area contributed by atoms with Gasteiger partial charge in [-0.1, -0.05) is 31.5 Å². The van der Waals surface area contributed by atoms with Crippen LogP contribution in [0.15, 0.2) is 5.16 Å². The normalized spacial score (nSPS) is 10.5. The highest BCUT2D eigenvalue weighted by Gasteiger charge is 1.98. The maximum Gasteiger partial charge on any atom is 0.208 e. The highest BCUT2D eigenvalue weighted by Crippen LogP contribution is 2.14. The van der Waals surface area contributed by atoms with E-state index in [-0.39, 0.29) is 0 Å². The minimum atomic E-state index is 0.878. The van der Waals surface area contributed by atoms with Crippen molar-refractivity contribution in [2.75, 3.05) is 5.75 Å². The fraction of sp³-hybridized carbons (Fsp3) is 0.750. The van der Waals surface area contributed by atoms with Gasteiger partial charge >= 0.3 is 0 Å². The van der Waals surface area contributed by atoms with Gasteiger partial charge in [0, 0.05) is 5.75 Å². The van der Waals surface area contributed by atoms with E-state index in [0.29, 0.717) is 0 Å². The topological polar surface area (TPSA) is 41.6 Å². The lowest BCUT2D eigenvalue weighted by atomic mass is 10.3. The summed E-state index contributed by atoms with van der Waals surface area (Å²) in [6.45, 7) is 4.13. The molecule has 0 fully saturated rings. The Hall–Kier alpha value is -0.510. The van der Waals surface area contributed by atoms with Crippen LogP contribution in [0, 0.1) is 6.92 Å². The van der Waals surface area contributed by atoms with Crippen molar-refractivity contribution < 1.29 is 0 Å². The molecule has 0 saturated carbocycles. The third-order valence-electron chi connectivity index (χ3n) is 1.56. The molecule has 0 aliphatic carbocycles. The molecular formula is C8H15N3S. The summed E-state index contributed by atoms with van der Waals surface area (Å²) in [7, 11) is 0. The lowest BCUT2D eigenvalue weighted by Gasteiger charge is -1.94. The van der Waals surface area contributed by atoms with Gasteiger partial charge in [-0.05, 0) is 13.3 Å². The summed E-state index contributed by atoms with van der Waals surface area (Å²) in [6, 6.07) is 0. The lowest BCUT2D eigenvalue weighted by Crippen LogP contribution is -1.81. The van der Waals surface area contributed by atoms with Crippen LogP contribution >= 0.6 is 11.8 Å². The molecule has 0 spiro atoms. The molecule has 1 aromatic rings. The first-order valence-corrected chi connectivity index (χ1v) is 5.33. The summed E-state index contributed by atoms with van der Waals surface area (Å²) >= 11 is 1.73. The largest absolute Gasteiger partial charge is 0.262 e. The molecule has 0 bridgehead atoms. The van der Waals surface area contributed by atoms with Gasteiger partial charge in [0.15, 0.2) is 0 Å². The van der Waals surface area contributed by atoms with E-state index in [2.05, 4.69) is 22.1 Å². The lowest BCUT2D eigenvalue weighted by molar-refractivity contribution is 0.777. The van der Waals surface area contributed by atoms with Crippen LogP contribution in [0.5, 0.6) is 0 Å². The number of hydrogen-bond acceptors (Lipinski definition) is 3. The fourth-order valence-electron chi connectivity index (χ4n) is 0.902. The van der Waals surface area contributed by atoms with Gasteiger partial charge in [0.1, 0.15) is 5.82 Å². The molecule has 0 unspecified atom stereocenters. The summed E-state index contributed by atoms with van der Waals surface area (Å²) in [5, 5.41) is 7.75. The van der Waals surface area contributed by atoms with Crippen LogP contribution in [0.4, 0.5) is 0 Å². The zero-order valence-electron chi connectivity index (χ0n) is 7.63. The van der Waals surface area contributed by atoms with Crippen LogP contribution in [0.2, 0.25) is 0 Å². The summed E-state index contributed by atoms with van der Waals surface area (Å²) in [6.07, 6.45) is 3.83. The van der Waals surface area contributed by atoms with Crippen molar-refractivity contribution in [3.05, 3.63) is 5.82 Å². The van der Waals surface area contributed by atoms with Gasteiger partial charge in [-0.15, -0.1) is 5.10 Å². The highest BCUT2D eigenvalue weighted by molar-refractivity contribution is 7.99. The predicted octanol–water partition coefficient (Wildman–Crippen LogP) is 2.40. The molecular weight excluding hydrogens is 170 g/mol. The number of aryl methyl sites for hydroxylation is 1. The van der Waals surface area contributed by atoms with Crippen LogP contribution in [0.3, 0.4) is 0 Å². The Bertz CT molecular complexity index is 222. The highest BCUT2D eigenvalue weighted by atomic mass is 32.2. The summed E-state index contributed by atoms with van der Waals surface area (Å²) in [4.78, 5) is 4.20. The van der Waals surface area contributed by atoms with E-state index in [1.165, 1.54) is 19.3 Å². The quantitative estimate of drug-likeness (QED) is 0.565. The summed E-state index contributed by atoms with van der Waals surface area (Å²) in [5.41, 5.74) is 0. The Kier molecular flexibility index (Phi) is 4.14. The molecule has 1 aromatic heterocycles. The predicted molar refractivity (Wildman–Crippen MR) is 51.4 cm³/mol. The number of rotatable bonds is 5. The van der Waals surface area contributed by atoms with Gasteiger partial charge in [0.25, 0.3) is 0 Å². The number of H-pyrrole nitrogens is 1. The van der Waals surface area contributed by atoms with Crippen molar-refractivity contribution in [3.63, 3.8) is 0 Å². The van der Waals surface area contributed by atoms with E-state index in [1.54, 1.807) is 11.8 Å². The minimum Gasteiger partial charge on any atom is -0.262 e. The van der Waals surface area contributed by atoms with Gasteiger partial charge in [0.05, 0.1) is 0 Å². The summed E-state index contributed by atoms with van der Waals surface area (Å²) in [5.74, 6) is 2.03. The second kappa shape index (κ2) is 5.19. The van der Waals surface area contributed by atoms with Crippen molar-refractivity contribution in [3.8, 4) is 0 Å². The second-order valence-corrected chi connectivity index (χ2v) is 3.82. The molecule has 0 aliphatic rings. The van der Waals surface area contributed by atoms with Gasteiger partial charge in [0.2, 0.25) is 5.16 Å². The average molecular weight is 185 g/mol. The molecule has 4 heteroatoms. The third-order valence-corrected chi connectivity index (χ3v) is 2.49. The standard InChI is InChI=1S/C8H15N3S/c1-3-4-5-6-12-8-9-7(2)10-11-8/h3-6H2,1-2H3,(H,9,10,11). The first-order chi connectivity index (χ1) is 5.83. The number of nitrogens with zero attached hydrogens (tertiary/aromatic N) is 2. The molecule has 12 heavy (non-hydrogen) atoms. The molecule has 0 atom stereocenters. The second-order valence-electron chi connectivity index (χ2n) is 2.76. The molecule has 68 valence electrons. The van der Waals surface area contributed by atoms with E-state index >= 15 is 0 Å². The molecule has 0 saturated heterocycles. The van der Waals surface area contributed by atoms with Gasteiger partial charge < -0.3 is 0 Å². The van der Waals surface area contributed by atoms with Crippen molar-refractivity contribution in [2.24, 2.45) is 0 Å².